The van der Waals surface area contributed by atoms with Gasteiger partial charge in [0, 0.05) is 0 Å². The lowest BCUT2D eigenvalue weighted by Gasteiger charge is -2.27. The lowest BCUT2D eigenvalue weighted by Crippen LogP contribution is -2.29. The first-order valence-electron chi connectivity index (χ1n) is 9.42. The van der Waals surface area contributed by atoms with Crippen LogP contribution in [-0.4, -0.2) is 19.9 Å². The lowest BCUT2D eigenvalue weighted by atomic mass is 9.80. The molecule has 4 heteroatoms. The first-order chi connectivity index (χ1) is 12.5. The van der Waals surface area contributed by atoms with Crippen LogP contribution in [0.3, 0.4) is 0 Å². The van der Waals surface area contributed by atoms with Crippen LogP contribution < -0.4 is 0 Å². The number of rotatable bonds is 4. The predicted octanol–water partition coefficient (Wildman–Crippen LogP) is 5.47. The maximum Gasteiger partial charge on any atom is 0.121 e. The summed E-state index contributed by atoms with van der Waals surface area (Å²) in [5, 5.41) is 0. The molecule has 4 rings (SSSR count). The van der Waals surface area contributed by atoms with Gasteiger partial charge in [0.05, 0.1) is 27.5 Å². The molecule has 0 bridgehead atoms. The summed E-state index contributed by atoms with van der Waals surface area (Å²) in [6.07, 6.45) is 1.86. The summed E-state index contributed by atoms with van der Waals surface area (Å²) >= 11 is 0. The molecule has 0 saturated heterocycles. The summed E-state index contributed by atoms with van der Waals surface area (Å²) in [6, 6.07) is 10.6. The van der Waals surface area contributed by atoms with Crippen molar-refractivity contribution in [2.45, 2.75) is 52.9 Å². The Labute approximate surface area is 154 Å². The van der Waals surface area contributed by atoms with E-state index in [0.29, 0.717) is 0 Å². The number of fused-ring (bicyclic) bond motifs is 2. The van der Waals surface area contributed by atoms with Crippen molar-refractivity contribution in [2.24, 2.45) is 0 Å². The molecule has 2 aromatic carbocycles. The summed E-state index contributed by atoms with van der Waals surface area (Å²) < 4.78 is 0. The van der Waals surface area contributed by atoms with Crippen LogP contribution in [0, 0.1) is 20.8 Å². The van der Waals surface area contributed by atoms with Crippen LogP contribution in [-0.2, 0) is 5.41 Å². The molecule has 2 heterocycles. The SMILES string of the molecule is CCC(CC)(c1nc2c(C)cccc2[nH]1)c1nc2c(C)c(C)ccc2[nH]1. The van der Waals surface area contributed by atoms with E-state index in [0.717, 1.165) is 46.6 Å². The van der Waals surface area contributed by atoms with Gasteiger partial charge in [0.2, 0.25) is 0 Å². The van der Waals surface area contributed by atoms with E-state index in [1.807, 2.05) is 0 Å². The molecular weight excluding hydrogens is 320 g/mol. The summed E-state index contributed by atoms with van der Waals surface area (Å²) in [5.41, 5.74) is 7.78. The maximum absolute atomic E-state index is 5.04. The molecule has 0 aliphatic carbocycles. The fraction of sp³-hybridized carbons (Fsp3) is 0.364. The molecule has 2 N–H and O–H groups in total. The number of nitrogens with one attached hydrogen (secondary N) is 2. The third-order valence-corrected chi connectivity index (χ3v) is 6.01. The van der Waals surface area contributed by atoms with Gasteiger partial charge in [-0.3, -0.25) is 0 Å². The van der Waals surface area contributed by atoms with Crippen molar-refractivity contribution < 1.29 is 0 Å². The molecule has 4 aromatic rings. The Morgan fingerprint density at radius 1 is 0.769 bits per heavy atom. The fourth-order valence-corrected chi connectivity index (χ4v) is 3.97. The lowest BCUT2D eigenvalue weighted by molar-refractivity contribution is 0.432. The van der Waals surface area contributed by atoms with Gasteiger partial charge in [0.1, 0.15) is 11.6 Å². The van der Waals surface area contributed by atoms with E-state index >= 15 is 0 Å². The molecule has 0 amide bonds. The smallest absolute Gasteiger partial charge is 0.121 e. The molecule has 0 aliphatic heterocycles. The number of benzene rings is 2. The number of hydrogen-bond acceptors (Lipinski definition) is 2. The summed E-state index contributed by atoms with van der Waals surface area (Å²) in [5.74, 6) is 2.00. The fourth-order valence-electron chi connectivity index (χ4n) is 3.97. The van der Waals surface area contributed by atoms with E-state index in [-0.39, 0.29) is 5.41 Å². The number of para-hydroxylation sites is 1. The van der Waals surface area contributed by atoms with Crippen molar-refractivity contribution in [1.82, 2.24) is 19.9 Å². The van der Waals surface area contributed by atoms with Crippen LogP contribution in [0.4, 0.5) is 0 Å². The number of aryl methyl sites for hydroxylation is 3. The van der Waals surface area contributed by atoms with Gasteiger partial charge >= 0.3 is 0 Å². The molecule has 26 heavy (non-hydrogen) atoms. The molecule has 0 saturated carbocycles. The van der Waals surface area contributed by atoms with Gasteiger partial charge in [-0.15, -0.1) is 0 Å². The molecule has 0 atom stereocenters. The van der Waals surface area contributed by atoms with Crippen LogP contribution >= 0.6 is 0 Å². The van der Waals surface area contributed by atoms with Gasteiger partial charge in [0.15, 0.2) is 0 Å². The van der Waals surface area contributed by atoms with Crippen molar-refractivity contribution in [1.29, 1.82) is 0 Å². The second-order valence-electron chi connectivity index (χ2n) is 7.33. The zero-order chi connectivity index (χ0) is 18.5. The summed E-state index contributed by atoms with van der Waals surface area (Å²) in [7, 11) is 0. The van der Waals surface area contributed by atoms with Crippen molar-refractivity contribution in [2.75, 3.05) is 0 Å². The van der Waals surface area contributed by atoms with Crippen LogP contribution in [0.2, 0.25) is 0 Å². The van der Waals surface area contributed by atoms with E-state index in [4.69, 9.17) is 9.97 Å². The van der Waals surface area contributed by atoms with Gasteiger partial charge < -0.3 is 9.97 Å². The Hall–Kier alpha value is -2.62. The van der Waals surface area contributed by atoms with Crippen molar-refractivity contribution in [3.8, 4) is 0 Å². The first kappa shape index (κ1) is 16.8. The maximum atomic E-state index is 5.04. The number of imidazole rings is 2. The predicted molar refractivity (Wildman–Crippen MR) is 108 cm³/mol. The average Bonchev–Trinajstić information content (AvgIpc) is 3.26. The van der Waals surface area contributed by atoms with Crippen molar-refractivity contribution in [3.63, 3.8) is 0 Å². The van der Waals surface area contributed by atoms with E-state index < -0.39 is 0 Å². The molecule has 2 aromatic heterocycles. The Bertz CT molecular complexity index is 1100. The minimum atomic E-state index is -0.245. The second-order valence-corrected chi connectivity index (χ2v) is 7.33. The van der Waals surface area contributed by atoms with Crippen molar-refractivity contribution >= 4 is 22.1 Å². The van der Waals surface area contributed by atoms with E-state index in [2.05, 4.69) is 74.9 Å². The molecule has 0 unspecified atom stereocenters. The number of H-pyrrole nitrogens is 2. The Balaban J connectivity index is 1.96. The number of aromatic amines is 2. The second kappa shape index (κ2) is 5.97. The number of hydrogen-bond donors (Lipinski definition) is 2. The molecule has 4 nitrogen and oxygen atoms in total. The van der Waals surface area contributed by atoms with Crippen molar-refractivity contribution in [3.05, 3.63) is 58.7 Å². The topological polar surface area (TPSA) is 57.4 Å². The van der Waals surface area contributed by atoms with Gasteiger partial charge in [-0.25, -0.2) is 9.97 Å². The standard InChI is InChI=1S/C22H26N4/c1-6-22(7-2,20-23-16-10-8-9-14(4)18(16)25-20)21-24-17-12-11-13(3)15(5)19(17)26-21/h8-12H,6-7H2,1-5H3,(H,23,25)(H,24,26). The van der Waals surface area contributed by atoms with Gasteiger partial charge in [-0.1, -0.05) is 32.0 Å². The van der Waals surface area contributed by atoms with Gasteiger partial charge in [0.25, 0.3) is 0 Å². The highest BCUT2D eigenvalue weighted by molar-refractivity contribution is 5.81. The monoisotopic (exact) mass is 346 g/mol. The van der Waals surface area contributed by atoms with E-state index in [1.165, 1.54) is 16.7 Å². The largest absolute Gasteiger partial charge is 0.341 e. The third kappa shape index (κ3) is 2.28. The minimum absolute atomic E-state index is 0.245. The average molecular weight is 346 g/mol. The Morgan fingerprint density at radius 3 is 2.00 bits per heavy atom. The Kier molecular flexibility index (Phi) is 3.87. The highest BCUT2D eigenvalue weighted by atomic mass is 15.0. The van der Waals surface area contributed by atoms with E-state index in [1.54, 1.807) is 0 Å². The number of aromatic nitrogens is 4. The molecular formula is C22H26N4. The van der Waals surface area contributed by atoms with Crippen LogP contribution in [0.25, 0.3) is 22.1 Å². The van der Waals surface area contributed by atoms with E-state index in [9.17, 15) is 0 Å². The van der Waals surface area contributed by atoms with Crippen LogP contribution in [0.15, 0.2) is 30.3 Å². The van der Waals surface area contributed by atoms with Gasteiger partial charge in [-0.2, -0.15) is 0 Å². The zero-order valence-electron chi connectivity index (χ0n) is 16.2. The third-order valence-electron chi connectivity index (χ3n) is 6.01. The van der Waals surface area contributed by atoms with Crippen LogP contribution in [0.1, 0.15) is 55.0 Å². The summed E-state index contributed by atoms with van der Waals surface area (Å²) in [4.78, 5) is 17.2. The zero-order valence-corrected chi connectivity index (χ0v) is 16.2. The van der Waals surface area contributed by atoms with Crippen LogP contribution in [0.5, 0.6) is 0 Å². The molecule has 0 fully saturated rings. The summed E-state index contributed by atoms with van der Waals surface area (Å²) in [6.45, 7) is 10.8. The molecule has 0 aliphatic rings. The Morgan fingerprint density at radius 2 is 1.38 bits per heavy atom. The molecule has 134 valence electrons. The first-order valence-corrected chi connectivity index (χ1v) is 9.42. The molecule has 0 radical (unpaired) electrons. The normalized spacial score (nSPS) is 12.3. The molecule has 0 spiro atoms. The highest BCUT2D eigenvalue weighted by Crippen LogP contribution is 2.38. The highest BCUT2D eigenvalue weighted by Gasteiger charge is 2.37. The van der Waals surface area contributed by atoms with Gasteiger partial charge in [-0.05, 0) is 62.4 Å². The quantitative estimate of drug-likeness (QED) is 0.515. The minimum Gasteiger partial charge on any atom is -0.341 e. The number of nitrogens with zero attached hydrogens (tertiary/aromatic N) is 2.